The first-order valence-electron chi connectivity index (χ1n) is 5.50. The summed E-state index contributed by atoms with van der Waals surface area (Å²) in [6, 6.07) is 2.65. The van der Waals surface area contributed by atoms with E-state index >= 15 is 0 Å². The van der Waals surface area contributed by atoms with Crippen molar-refractivity contribution < 1.29 is 13.5 Å². The minimum Gasteiger partial charge on any atom is -0.392 e. The first kappa shape index (κ1) is 15.3. The zero-order valence-corrected chi connectivity index (χ0v) is 12.4. The first-order chi connectivity index (χ1) is 9.44. The molecule has 0 aliphatic rings. The second kappa shape index (κ2) is 6.11. The number of rotatable bonds is 5. The number of aromatic nitrogens is 2. The van der Waals surface area contributed by atoms with Gasteiger partial charge in [-0.05, 0) is 17.7 Å². The maximum Gasteiger partial charge on any atom is 0.242 e. The van der Waals surface area contributed by atoms with Gasteiger partial charge in [-0.25, -0.2) is 13.1 Å². The van der Waals surface area contributed by atoms with Crippen molar-refractivity contribution in [1.29, 1.82) is 0 Å². The van der Waals surface area contributed by atoms with E-state index < -0.39 is 16.6 Å². The normalized spacial score (nSPS) is 11.8. The number of aromatic amines is 1. The Kier molecular flexibility index (Phi) is 4.66. The molecule has 0 fully saturated rings. The van der Waals surface area contributed by atoms with Crippen molar-refractivity contribution in [3.8, 4) is 0 Å². The summed E-state index contributed by atoms with van der Waals surface area (Å²) >= 11 is 11.8. The van der Waals surface area contributed by atoms with Crippen molar-refractivity contribution in [2.75, 3.05) is 0 Å². The standard InChI is InChI=1S/C11H11Cl2N3O3S/c12-9-1-8(6-17)11(13)10(2-9)20(18,19)16-5-7-3-14-15-4-7/h1-4,16-17H,5-6H2,(H,14,15). The Hall–Kier alpha value is -1.12. The molecule has 0 radical (unpaired) electrons. The van der Waals surface area contributed by atoms with Gasteiger partial charge < -0.3 is 5.11 Å². The highest BCUT2D eigenvalue weighted by Crippen LogP contribution is 2.29. The van der Waals surface area contributed by atoms with Crippen LogP contribution in [0.2, 0.25) is 10.0 Å². The van der Waals surface area contributed by atoms with Crippen LogP contribution in [-0.4, -0.2) is 23.7 Å². The third-order valence-electron chi connectivity index (χ3n) is 2.56. The molecule has 108 valence electrons. The highest BCUT2D eigenvalue weighted by atomic mass is 35.5. The van der Waals surface area contributed by atoms with Gasteiger partial charge in [-0.15, -0.1) is 0 Å². The van der Waals surface area contributed by atoms with E-state index in [-0.39, 0.29) is 27.0 Å². The summed E-state index contributed by atoms with van der Waals surface area (Å²) in [4.78, 5) is -0.167. The smallest absolute Gasteiger partial charge is 0.242 e. The van der Waals surface area contributed by atoms with Crippen LogP contribution in [0.25, 0.3) is 0 Å². The Bertz CT molecular complexity index is 702. The average Bonchev–Trinajstić information content (AvgIpc) is 2.92. The fourth-order valence-corrected chi connectivity index (χ4v) is 3.50. The van der Waals surface area contributed by atoms with Gasteiger partial charge in [-0.2, -0.15) is 5.10 Å². The van der Waals surface area contributed by atoms with Crippen LogP contribution in [0.1, 0.15) is 11.1 Å². The van der Waals surface area contributed by atoms with Crippen LogP contribution >= 0.6 is 23.2 Å². The third-order valence-corrected chi connectivity index (χ3v) is 4.76. The topological polar surface area (TPSA) is 95.1 Å². The molecule has 0 saturated heterocycles. The molecule has 0 aliphatic heterocycles. The molecule has 0 amide bonds. The molecule has 3 N–H and O–H groups in total. The average molecular weight is 336 g/mol. The SMILES string of the molecule is O=S(=O)(NCc1cn[nH]c1)c1cc(Cl)cc(CO)c1Cl. The minimum absolute atomic E-state index is 0.0448. The molecule has 1 heterocycles. The van der Waals surface area contributed by atoms with Crippen LogP contribution in [0.5, 0.6) is 0 Å². The zero-order chi connectivity index (χ0) is 14.8. The van der Waals surface area contributed by atoms with E-state index in [0.717, 1.165) is 0 Å². The largest absolute Gasteiger partial charge is 0.392 e. The van der Waals surface area contributed by atoms with Gasteiger partial charge in [-0.3, -0.25) is 5.10 Å². The van der Waals surface area contributed by atoms with E-state index in [9.17, 15) is 8.42 Å². The van der Waals surface area contributed by atoms with Crippen LogP contribution in [-0.2, 0) is 23.2 Å². The van der Waals surface area contributed by atoms with Gasteiger partial charge in [-0.1, -0.05) is 23.2 Å². The van der Waals surface area contributed by atoms with E-state index in [1.165, 1.54) is 18.3 Å². The first-order valence-corrected chi connectivity index (χ1v) is 7.74. The fraction of sp³-hybridized carbons (Fsp3) is 0.182. The predicted molar refractivity (Wildman–Crippen MR) is 75.0 cm³/mol. The molecule has 0 aliphatic carbocycles. The lowest BCUT2D eigenvalue weighted by Gasteiger charge is -2.10. The third kappa shape index (κ3) is 3.31. The van der Waals surface area contributed by atoms with Crippen molar-refractivity contribution in [2.24, 2.45) is 0 Å². The van der Waals surface area contributed by atoms with E-state index in [1.54, 1.807) is 6.20 Å². The van der Waals surface area contributed by atoms with Crippen LogP contribution in [0.4, 0.5) is 0 Å². The van der Waals surface area contributed by atoms with Gasteiger partial charge in [0.1, 0.15) is 4.90 Å². The summed E-state index contributed by atoms with van der Waals surface area (Å²) in [6.45, 7) is -0.334. The van der Waals surface area contributed by atoms with E-state index in [1.807, 2.05) is 0 Å². The molecular weight excluding hydrogens is 325 g/mol. The lowest BCUT2D eigenvalue weighted by atomic mass is 10.2. The molecule has 2 aromatic rings. The predicted octanol–water partition coefficient (Wildman–Crippen LogP) is 1.69. The van der Waals surface area contributed by atoms with Crippen LogP contribution < -0.4 is 4.72 Å². The summed E-state index contributed by atoms with van der Waals surface area (Å²) in [7, 11) is -3.84. The minimum atomic E-state index is -3.84. The molecule has 1 aromatic carbocycles. The second-order valence-corrected chi connectivity index (χ2v) is 6.52. The lowest BCUT2D eigenvalue weighted by Crippen LogP contribution is -2.23. The van der Waals surface area contributed by atoms with Crippen LogP contribution in [0.3, 0.4) is 0 Å². The number of H-pyrrole nitrogens is 1. The molecule has 0 spiro atoms. The van der Waals surface area contributed by atoms with Crippen molar-refractivity contribution in [1.82, 2.24) is 14.9 Å². The molecule has 0 atom stereocenters. The number of hydrogen-bond acceptors (Lipinski definition) is 4. The second-order valence-electron chi connectivity index (χ2n) is 3.97. The Balaban J connectivity index is 2.31. The number of benzene rings is 1. The molecular formula is C11H11Cl2N3O3S. The van der Waals surface area contributed by atoms with Gasteiger partial charge in [0, 0.05) is 23.3 Å². The van der Waals surface area contributed by atoms with Crippen molar-refractivity contribution in [3.05, 3.63) is 45.7 Å². The highest BCUT2D eigenvalue weighted by molar-refractivity contribution is 7.89. The summed E-state index contributed by atoms with van der Waals surface area (Å²) in [5, 5.41) is 15.6. The number of sulfonamides is 1. The summed E-state index contributed by atoms with van der Waals surface area (Å²) in [6.07, 6.45) is 3.07. The maximum atomic E-state index is 12.2. The number of aliphatic hydroxyl groups is 1. The van der Waals surface area contributed by atoms with Crippen molar-refractivity contribution in [3.63, 3.8) is 0 Å². The zero-order valence-electron chi connectivity index (χ0n) is 10.1. The fourth-order valence-electron chi connectivity index (χ4n) is 1.56. The van der Waals surface area contributed by atoms with E-state index in [0.29, 0.717) is 5.56 Å². The number of hydrogen-bond donors (Lipinski definition) is 3. The Morgan fingerprint density at radius 1 is 1.35 bits per heavy atom. The van der Waals surface area contributed by atoms with Crippen molar-refractivity contribution in [2.45, 2.75) is 18.0 Å². The molecule has 20 heavy (non-hydrogen) atoms. The number of nitrogens with zero attached hydrogens (tertiary/aromatic N) is 1. The van der Waals surface area contributed by atoms with Gasteiger partial charge >= 0.3 is 0 Å². The molecule has 2 rings (SSSR count). The number of halogens is 2. The Morgan fingerprint density at radius 3 is 2.70 bits per heavy atom. The monoisotopic (exact) mass is 335 g/mol. The van der Waals surface area contributed by atoms with Gasteiger partial charge in [0.2, 0.25) is 10.0 Å². The lowest BCUT2D eigenvalue weighted by molar-refractivity contribution is 0.281. The Labute approximate surface area is 125 Å². The molecule has 0 saturated carbocycles. The van der Waals surface area contributed by atoms with Gasteiger partial charge in [0.05, 0.1) is 17.8 Å². The van der Waals surface area contributed by atoms with Gasteiger partial charge in [0.15, 0.2) is 0 Å². The highest BCUT2D eigenvalue weighted by Gasteiger charge is 2.21. The molecule has 0 bridgehead atoms. The van der Waals surface area contributed by atoms with Crippen LogP contribution in [0, 0.1) is 0 Å². The maximum absolute atomic E-state index is 12.2. The van der Waals surface area contributed by atoms with E-state index in [2.05, 4.69) is 14.9 Å². The summed E-state index contributed by atoms with van der Waals surface area (Å²) < 4.78 is 26.8. The summed E-state index contributed by atoms with van der Waals surface area (Å²) in [5.41, 5.74) is 0.928. The molecule has 1 aromatic heterocycles. The van der Waals surface area contributed by atoms with Crippen molar-refractivity contribution >= 4 is 33.2 Å². The summed E-state index contributed by atoms with van der Waals surface area (Å²) in [5.74, 6) is 0. The molecule has 0 unspecified atom stereocenters. The Morgan fingerprint density at radius 2 is 2.10 bits per heavy atom. The molecule has 9 heteroatoms. The number of aliphatic hydroxyl groups excluding tert-OH is 1. The van der Waals surface area contributed by atoms with E-state index in [4.69, 9.17) is 28.3 Å². The molecule has 6 nitrogen and oxygen atoms in total. The van der Waals surface area contributed by atoms with Crippen LogP contribution in [0.15, 0.2) is 29.4 Å². The number of nitrogens with one attached hydrogen (secondary N) is 2. The van der Waals surface area contributed by atoms with Gasteiger partial charge in [0.25, 0.3) is 0 Å². The quantitative estimate of drug-likeness (QED) is 0.774.